The smallest absolute Gasteiger partial charge is 0.252 e. The third-order valence-electron chi connectivity index (χ3n) is 4.47. The molecule has 0 radical (unpaired) electrons. The van der Waals surface area contributed by atoms with Gasteiger partial charge in [0.1, 0.15) is 5.82 Å². The van der Waals surface area contributed by atoms with Crippen LogP contribution in [0.15, 0.2) is 36.4 Å². The van der Waals surface area contributed by atoms with Gasteiger partial charge >= 0.3 is 0 Å². The zero-order valence-electron chi connectivity index (χ0n) is 13.4. The summed E-state index contributed by atoms with van der Waals surface area (Å²) in [5, 5.41) is 6.83. The molecule has 0 unspecified atom stereocenters. The molecule has 122 valence electrons. The van der Waals surface area contributed by atoms with E-state index >= 15 is 0 Å². The van der Waals surface area contributed by atoms with Crippen LogP contribution in [0.2, 0.25) is 0 Å². The average Bonchev–Trinajstić information content (AvgIpc) is 2.84. The maximum atomic E-state index is 13.9. The standard InChI is InChI=1S/C19H18FN3O/c1-21-10-11-3-2-4-12(7-11)18-14-5-6-22-19(24)15-8-13(20)9-16(23-18)17(14)15/h2-4,7-9,21,23H,5-6,10H2,1H3,(H,22,24). The van der Waals surface area contributed by atoms with Crippen molar-refractivity contribution in [2.75, 3.05) is 13.6 Å². The van der Waals surface area contributed by atoms with Crippen LogP contribution in [0.1, 0.15) is 21.5 Å². The van der Waals surface area contributed by atoms with Crippen molar-refractivity contribution in [3.8, 4) is 11.3 Å². The van der Waals surface area contributed by atoms with E-state index in [9.17, 15) is 9.18 Å². The van der Waals surface area contributed by atoms with Crippen LogP contribution in [0.3, 0.4) is 0 Å². The maximum absolute atomic E-state index is 13.9. The van der Waals surface area contributed by atoms with Crippen molar-refractivity contribution >= 4 is 16.8 Å². The highest BCUT2D eigenvalue weighted by Gasteiger charge is 2.23. The molecule has 0 spiro atoms. The molecule has 0 saturated heterocycles. The normalized spacial score (nSPS) is 13.8. The van der Waals surface area contributed by atoms with Gasteiger partial charge in [0.25, 0.3) is 5.91 Å². The topological polar surface area (TPSA) is 56.9 Å². The molecule has 4 rings (SSSR count). The lowest BCUT2D eigenvalue weighted by atomic mass is 9.99. The van der Waals surface area contributed by atoms with Gasteiger partial charge in [0.2, 0.25) is 0 Å². The van der Waals surface area contributed by atoms with Gasteiger partial charge in [-0.15, -0.1) is 0 Å². The summed E-state index contributed by atoms with van der Waals surface area (Å²) in [5.74, 6) is -0.620. The fourth-order valence-electron chi connectivity index (χ4n) is 3.48. The molecule has 1 aromatic heterocycles. The first kappa shape index (κ1) is 14.9. The van der Waals surface area contributed by atoms with Gasteiger partial charge in [-0.1, -0.05) is 18.2 Å². The first-order valence-electron chi connectivity index (χ1n) is 8.03. The molecule has 3 N–H and O–H groups in total. The second kappa shape index (κ2) is 5.76. The predicted octanol–water partition coefficient (Wildman–Crippen LogP) is 2.98. The maximum Gasteiger partial charge on any atom is 0.252 e. The number of nitrogens with one attached hydrogen (secondary N) is 3. The van der Waals surface area contributed by atoms with Gasteiger partial charge in [-0.2, -0.15) is 0 Å². The van der Waals surface area contributed by atoms with E-state index in [0.717, 1.165) is 35.2 Å². The fraction of sp³-hybridized carbons (Fsp3) is 0.211. The minimum absolute atomic E-state index is 0.215. The van der Waals surface area contributed by atoms with E-state index in [0.29, 0.717) is 17.6 Å². The number of amides is 1. The lowest BCUT2D eigenvalue weighted by molar-refractivity contribution is 0.0957. The van der Waals surface area contributed by atoms with Crippen molar-refractivity contribution in [3.63, 3.8) is 0 Å². The molecule has 1 aliphatic heterocycles. The zero-order chi connectivity index (χ0) is 16.7. The van der Waals surface area contributed by atoms with Crippen LogP contribution in [-0.2, 0) is 13.0 Å². The Labute approximate surface area is 139 Å². The van der Waals surface area contributed by atoms with E-state index in [1.165, 1.54) is 17.7 Å². The quantitative estimate of drug-likeness (QED) is 0.694. The summed E-state index contributed by atoms with van der Waals surface area (Å²) in [6.45, 7) is 1.33. The van der Waals surface area contributed by atoms with Gasteiger partial charge in [-0.25, -0.2) is 4.39 Å². The highest BCUT2D eigenvalue weighted by Crippen LogP contribution is 2.34. The Balaban J connectivity index is 1.97. The number of hydrogen-bond donors (Lipinski definition) is 3. The van der Waals surface area contributed by atoms with E-state index in [4.69, 9.17) is 0 Å². The number of aromatic amines is 1. The number of carbonyl (C=O) groups excluding carboxylic acids is 1. The first-order valence-corrected chi connectivity index (χ1v) is 8.03. The van der Waals surface area contributed by atoms with E-state index in [1.807, 2.05) is 19.2 Å². The van der Waals surface area contributed by atoms with Crippen LogP contribution >= 0.6 is 0 Å². The van der Waals surface area contributed by atoms with Crippen molar-refractivity contribution in [1.29, 1.82) is 0 Å². The Morgan fingerprint density at radius 3 is 2.96 bits per heavy atom. The predicted molar refractivity (Wildman–Crippen MR) is 92.5 cm³/mol. The second-order valence-corrected chi connectivity index (χ2v) is 6.09. The van der Waals surface area contributed by atoms with Gasteiger partial charge in [-0.05, 0) is 48.4 Å². The van der Waals surface area contributed by atoms with Crippen LogP contribution in [0.4, 0.5) is 4.39 Å². The Morgan fingerprint density at radius 1 is 1.25 bits per heavy atom. The summed E-state index contributed by atoms with van der Waals surface area (Å²) in [4.78, 5) is 15.6. The van der Waals surface area contributed by atoms with Gasteiger partial charge in [0, 0.05) is 29.7 Å². The molecule has 24 heavy (non-hydrogen) atoms. The number of aromatic nitrogens is 1. The highest BCUT2D eigenvalue weighted by molar-refractivity contribution is 6.10. The summed E-state index contributed by atoms with van der Waals surface area (Å²) < 4.78 is 13.9. The molecule has 5 heteroatoms. The van der Waals surface area contributed by atoms with Crippen molar-refractivity contribution in [1.82, 2.24) is 15.6 Å². The second-order valence-electron chi connectivity index (χ2n) is 6.09. The minimum atomic E-state index is -0.405. The number of benzene rings is 2. The summed E-state index contributed by atoms with van der Waals surface area (Å²) in [6, 6.07) is 11.0. The largest absolute Gasteiger partial charge is 0.354 e. The molecule has 0 aliphatic carbocycles. The monoisotopic (exact) mass is 323 g/mol. The van der Waals surface area contributed by atoms with Crippen molar-refractivity contribution in [2.45, 2.75) is 13.0 Å². The average molecular weight is 323 g/mol. The first-order chi connectivity index (χ1) is 11.7. The fourth-order valence-corrected chi connectivity index (χ4v) is 3.48. The molecule has 0 atom stereocenters. The molecule has 0 fully saturated rings. The molecule has 4 nitrogen and oxygen atoms in total. The van der Waals surface area contributed by atoms with Gasteiger partial charge in [0.15, 0.2) is 0 Å². The van der Waals surface area contributed by atoms with Gasteiger partial charge < -0.3 is 15.6 Å². The Hall–Kier alpha value is -2.66. The molecule has 2 heterocycles. The Morgan fingerprint density at radius 2 is 2.12 bits per heavy atom. The lowest BCUT2D eigenvalue weighted by Crippen LogP contribution is -2.23. The molecular weight excluding hydrogens is 305 g/mol. The van der Waals surface area contributed by atoms with E-state index in [2.05, 4.69) is 27.8 Å². The van der Waals surface area contributed by atoms with Crippen LogP contribution < -0.4 is 10.6 Å². The molecule has 2 aromatic carbocycles. The molecule has 1 aliphatic rings. The summed E-state index contributed by atoms with van der Waals surface area (Å²) >= 11 is 0. The van der Waals surface area contributed by atoms with E-state index in [-0.39, 0.29) is 5.91 Å². The Bertz CT molecular complexity index is 945. The summed E-state index contributed by atoms with van der Waals surface area (Å²) in [7, 11) is 1.91. The highest BCUT2D eigenvalue weighted by atomic mass is 19.1. The lowest BCUT2D eigenvalue weighted by Gasteiger charge is -2.06. The van der Waals surface area contributed by atoms with Gasteiger partial charge in [0.05, 0.1) is 5.56 Å². The van der Waals surface area contributed by atoms with Crippen LogP contribution in [0.5, 0.6) is 0 Å². The molecule has 0 saturated carbocycles. The third kappa shape index (κ3) is 2.37. The van der Waals surface area contributed by atoms with Crippen LogP contribution in [0, 0.1) is 5.82 Å². The molecule has 1 amide bonds. The third-order valence-corrected chi connectivity index (χ3v) is 4.47. The van der Waals surface area contributed by atoms with Crippen molar-refractivity contribution in [2.24, 2.45) is 0 Å². The Kier molecular flexibility index (Phi) is 3.58. The zero-order valence-corrected chi connectivity index (χ0v) is 13.4. The van der Waals surface area contributed by atoms with Crippen molar-refractivity contribution in [3.05, 3.63) is 58.9 Å². The van der Waals surface area contributed by atoms with Crippen molar-refractivity contribution < 1.29 is 9.18 Å². The molecule has 0 bridgehead atoms. The molecule has 3 aromatic rings. The minimum Gasteiger partial charge on any atom is -0.354 e. The van der Waals surface area contributed by atoms with Crippen LogP contribution in [-0.4, -0.2) is 24.5 Å². The summed E-state index contributed by atoms with van der Waals surface area (Å²) in [6.07, 6.45) is 0.718. The summed E-state index contributed by atoms with van der Waals surface area (Å²) in [5.41, 5.74) is 5.34. The molecular formula is C19H18FN3O. The van der Waals surface area contributed by atoms with E-state index < -0.39 is 5.82 Å². The number of carbonyl (C=O) groups is 1. The number of rotatable bonds is 3. The number of H-pyrrole nitrogens is 1. The van der Waals surface area contributed by atoms with Crippen LogP contribution in [0.25, 0.3) is 22.2 Å². The SMILES string of the molecule is CNCc1cccc(-c2[nH]c3cc(F)cc4c3c2CCNC4=O)c1. The van der Waals surface area contributed by atoms with E-state index in [1.54, 1.807) is 0 Å². The van der Waals surface area contributed by atoms with Gasteiger partial charge in [-0.3, -0.25) is 4.79 Å². The number of halogens is 1. The number of hydrogen-bond acceptors (Lipinski definition) is 2.